The predicted molar refractivity (Wildman–Crippen MR) is 76.9 cm³/mol. The van der Waals surface area contributed by atoms with E-state index in [0.29, 0.717) is 34.2 Å². The molecule has 0 radical (unpaired) electrons. The Morgan fingerprint density at radius 2 is 1.89 bits per heavy atom. The van der Waals surface area contributed by atoms with Crippen LogP contribution < -0.4 is 10.5 Å². The molecule has 0 fully saturated rings. The van der Waals surface area contributed by atoms with E-state index < -0.39 is 0 Å². The van der Waals surface area contributed by atoms with Crippen molar-refractivity contribution < 1.29 is 9.53 Å². The van der Waals surface area contributed by atoms with E-state index >= 15 is 0 Å². The number of nitrogen functional groups attached to an aromatic ring is 1. The number of nitrogens with two attached hydrogens (primary N) is 1. The van der Waals surface area contributed by atoms with Gasteiger partial charge in [0.25, 0.3) is 0 Å². The van der Waals surface area contributed by atoms with Crippen molar-refractivity contribution >= 4 is 23.1 Å². The highest BCUT2D eigenvalue weighted by Gasteiger charge is 2.17. The van der Waals surface area contributed by atoms with Crippen LogP contribution in [0.4, 0.5) is 5.69 Å². The number of anilines is 1. The van der Waals surface area contributed by atoms with E-state index in [9.17, 15) is 4.79 Å². The fraction of sp³-hybridized carbons (Fsp3) is 0.133. The summed E-state index contributed by atoms with van der Waals surface area (Å²) in [6.45, 7) is 2.34. The van der Waals surface area contributed by atoms with Crippen LogP contribution in [0.2, 0.25) is 5.02 Å². The first-order valence-corrected chi connectivity index (χ1v) is 6.33. The fourth-order valence-electron chi connectivity index (χ4n) is 1.81. The molecule has 0 spiro atoms. The van der Waals surface area contributed by atoms with E-state index in [1.54, 1.807) is 42.5 Å². The smallest absolute Gasteiger partial charge is 0.198 e. The molecular formula is C15H14ClNO2. The topological polar surface area (TPSA) is 52.3 Å². The molecule has 0 unspecified atom stereocenters. The Morgan fingerprint density at radius 3 is 2.53 bits per heavy atom. The maximum absolute atomic E-state index is 12.5. The molecule has 2 rings (SSSR count). The average molecular weight is 276 g/mol. The Hall–Kier alpha value is -2.00. The lowest BCUT2D eigenvalue weighted by molar-refractivity contribution is 0.103. The second kappa shape index (κ2) is 5.76. The van der Waals surface area contributed by atoms with Crippen molar-refractivity contribution in [3.8, 4) is 5.75 Å². The van der Waals surface area contributed by atoms with Crippen LogP contribution >= 0.6 is 11.6 Å². The van der Waals surface area contributed by atoms with Crippen LogP contribution in [0.25, 0.3) is 0 Å². The Labute approximate surface area is 117 Å². The third-order valence-electron chi connectivity index (χ3n) is 2.69. The molecule has 3 nitrogen and oxygen atoms in total. The minimum absolute atomic E-state index is 0.168. The molecule has 0 aliphatic carbocycles. The van der Waals surface area contributed by atoms with E-state index in [0.717, 1.165) is 0 Å². The van der Waals surface area contributed by atoms with E-state index in [-0.39, 0.29) is 5.78 Å². The molecular weight excluding hydrogens is 262 g/mol. The third kappa shape index (κ3) is 2.88. The van der Waals surface area contributed by atoms with Crippen molar-refractivity contribution in [2.24, 2.45) is 0 Å². The summed E-state index contributed by atoms with van der Waals surface area (Å²) >= 11 is 5.81. The quantitative estimate of drug-likeness (QED) is 0.686. The van der Waals surface area contributed by atoms with Crippen molar-refractivity contribution in [3.63, 3.8) is 0 Å². The van der Waals surface area contributed by atoms with Gasteiger partial charge in [-0.25, -0.2) is 0 Å². The number of benzene rings is 2. The first-order valence-electron chi connectivity index (χ1n) is 5.95. The highest BCUT2D eigenvalue weighted by Crippen LogP contribution is 2.27. The van der Waals surface area contributed by atoms with E-state index in [2.05, 4.69) is 0 Å². The van der Waals surface area contributed by atoms with Gasteiger partial charge in [-0.3, -0.25) is 4.79 Å². The van der Waals surface area contributed by atoms with E-state index in [1.807, 2.05) is 6.92 Å². The molecule has 2 N–H and O–H groups in total. The lowest BCUT2D eigenvalue weighted by Gasteiger charge is -2.11. The second-order valence-electron chi connectivity index (χ2n) is 3.99. The summed E-state index contributed by atoms with van der Waals surface area (Å²) in [5.41, 5.74) is 7.23. The van der Waals surface area contributed by atoms with Gasteiger partial charge in [-0.15, -0.1) is 0 Å². The van der Waals surface area contributed by atoms with Crippen molar-refractivity contribution in [1.29, 1.82) is 0 Å². The van der Waals surface area contributed by atoms with Gasteiger partial charge in [0.15, 0.2) is 5.78 Å². The van der Waals surface area contributed by atoms with Crippen LogP contribution in [0.15, 0.2) is 42.5 Å². The zero-order valence-corrected chi connectivity index (χ0v) is 11.3. The molecule has 0 amide bonds. The Morgan fingerprint density at radius 1 is 1.21 bits per heavy atom. The van der Waals surface area contributed by atoms with Gasteiger partial charge in [-0.05, 0) is 43.3 Å². The zero-order chi connectivity index (χ0) is 13.8. The van der Waals surface area contributed by atoms with Gasteiger partial charge >= 0.3 is 0 Å². The summed E-state index contributed by atoms with van der Waals surface area (Å²) in [5, 5.41) is 0.586. The maximum Gasteiger partial charge on any atom is 0.198 e. The van der Waals surface area contributed by atoms with Crippen molar-refractivity contribution in [2.75, 3.05) is 12.3 Å². The highest BCUT2D eigenvalue weighted by molar-refractivity contribution is 6.30. The Bertz CT molecular complexity index is 594. The summed E-state index contributed by atoms with van der Waals surface area (Å²) in [6, 6.07) is 11.9. The second-order valence-corrected chi connectivity index (χ2v) is 4.43. The molecule has 0 saturated heterocycles. The van der Waals surface area contributed by atoms with Gasteiger partial charge in [0.2, 0.25) is 0 Å². The first kappa shape index (κ1) is 13.4. The first-order chi connectivity index (χ1) is 9.13. The van der Waals surface area contributed by atoms with Gasteiger partial charge < -0.3 is 10.5 Å². The van der Waals surface area contributed by atoms with Crippen LogP contribution in [-0.4, -0.2) is 12.4 Å². The molecule has 0 atom stereocenters. The number of hydrogen-bond acceptors (Lipinski definition) is 3. The Balaban J connectivity index is 2.46. The number of carbonyl (C=O) groups is 1. The lowest BCUT2D eigenvalue weighted by Crippen LogP contribution is -2.08. The number of carbonyl (C=O) groups excluding carboxylic acids is 1. The van der Waals surface area contributed by atoms with Crippen molar-refractivity contribution in [1.82, 2.24) is 0 Å². The molecule has 0 aliphatic rings. The summed E-state index contributed by atoms with van der Waals surface area (Å²) in [4.78, 5) is 12.5. The normalized spacial score (nSPS) is 10.2. The van der Waals surface area contributed by atoms with E-state index in [4.69, 9.17) is 22.1 Å². The van der Waals surface area contributed by atoms with Crippen molar-refractivity contribution in [2.45, 2.75) is 6.92 Å². The number of halogens is 1. The maximum atomic E-state index is 12.5. The Kier molecular flexibility index (Phi) is 4.07. The fourth-order valence-corrected chi connectivity index (χ4v) is 1.94. The molecule has 19 heavy (non-hydrogen) atoms. The molecule has 0 bridgehead atoms. The minimum atomic E-state index is -0.168. The van der Waals surface area contributed by atoms with Gasteiger partial charge in [-0.1, -0.05) is 17.7 Å². The molecule has 4 heteroatoms. The number of ketones is 1. The summed E-state index contributed by atoms with van der Waals surface area (Å²) in [5.74, 6) is 0.334. The average Bonchev–Trinajstić information content (AvgIpc) is 2.39. The molecule has 0 heterocycles. The summed E-state index contributed by atoms with van der Waals surface area (Å²) in [7, 11) is 0. The molecule has 0 aromatic heterocycles. The molecule has 2 aromatic rings. The largest absolute Gasteiger partial charge is 0.493 e. The molecule has 2 aromatic carbocycles. The number of ether oxygens (including phenoxy) is 1. The summed E-state index contributed by atoms with van der Waals surface area (Å²) < 4.78 is 5.46. The number of rotatable bonds is 4. The van der Waals surface area contributed by atoms with Crippen molar-refractivity contribution in [3.05, 3.63) is 58.6 Å². The van der Waals surface area contributed by atoms with Crippen LogP contribution in [0.5, 0.6) is 5.75 Å². The monoisotopic (exact) mass is 275 g/mol. The predicted octanol–water partition coefficient (Wildman–Crippen LogP) is 3.55. The van der Waals surface area contributed by atoms with Crippen LogP contribution in [0.3, 0.4) is 0 Å². The van der Waals surface area contributed by atoms with Gasteiger partial charge in [0.05, 0.1) is 12.2 Å². The SMILES string of the molecule is CCOc1cccc(N)c1C(=O)c1ccc(Cl)cc1. The highest BCUT2D eigenvalue weighted by atomic mass is 35.5. The minimum Gasteiger partial charge on any atom is -0.493 e. The lowest BCUT2D eigenvalue weighted by atomic mass is 10.0. The zero-order valence-electron chi connectivity index (χ0n) is 10.5. The molecule has 98 valence electrons. The van der Waals surface area contributed by atoms with Crippen LogP contribution in [0, 0.1) is 0 Å². The molecule has 0 saturated carbocycles. The molecule has 0 aliphatic heterocycles. The van der Waals surface area contributed by atoms with Gasteiger partial charge in [-0.2, -0.15) is 0 Å². The van der Waals surface area contributed by atoms with E-state index in [1.165, 1.54) is 0 Å². The van der Waals surface area contributed by atoms with Crippen LogP contribution in [0.1, 0.15) is 22.8 Å². The summed E-state index contributed by atoms with van der Waals surface area (Å²) in [6.07, 6.45) is 0. The number of hydrogen-bond donors (Lipinski definition) is 1. The van der Waals surface area contributed by atoms with Crippen LogP contribution in [-0.2, 0) is 0 Å². The van der Waals surface area contributed by atoms with Gasteiger partial charge in [0.1, 0.15) is 5.75 Å². The standard InChI is InChI=1S/C15H14ClNO2/c1-2-19-13-5-3-4-12(17)14(13)15(18)10-6-8-11(16)9-7-10/h3-9H,2,17H2,1H3. The third-order valence-corrected chi connectivity index (χ3v) is 2.94. The van der Waals surface area contributed by atoms with Gasteiger partial charge in [0, 0.05) is 16.3 Å².